The molecule has 4 heteroatoms. The molecule has 0 saturated heterocycles. The lowest BCUT2D eigenvalue weighted by molar-refractivity contribution is -0.149. The summed E-state index contributed by atoms with van der Waals surface area (Å²) in [5.74, 6) is -0.311. The Kier molecular flexibility index (Phi) is 6.10. The number of rotatable bonds is 7. The highest BCUT2D eigenvalue weighted by molar-refractivity contribution is 5.70. The Morgan fingerprint density at radius 2 is 2.00 bits per heavy atom. The Labute approximate surface area is 102 Å². The van der Waals surface area contributed by atoms with E-state index in [1.165, 1.54) is 0 Å². The van der Waals surface area contributed by atoms with Gasteiger partial charge in [-0.2, -0.15) is 0 Å². The number of nitrogen functional groups attached to an aromatic ring is 1. The van der Waals surface area contributed by atoms with Gasteiger partial charge in [0, 0.05) is 5.69 Å². The van der Waals surface area contributed by atoms with E-state index in [4.69, 9.17) is 15.2 Å². The molecule has 0 aromatic heterocycles. The number of carbonyl (C=O) groups excluding carboxylic acids is 1. The van der Waals surface area contributed by atoms with Crippen molar-refractivity contribution in [2.75, 3.05) is 18.9 Å². The van der Waals surface area contributed by atoms with Crippen LogP contribution in [0.1, 0.15) is 25.3 Å². The summed E-state index contributed by atoms with van der Waals surface area (Å²) in [7, 11) is 0. The van der Waals surface area contributed by atoms with Crippen LogP contribution in [-0.2, 0) is 20.9 Å². The summed E-state index contributed by atoms with van der Waals surface area (Å²) in [6, 6.07) is 7.35. The van der Waals surface area contributed by atoms with Gasteiger partial charge < -0.3 is 15.2 Å². The zero-order chi connectivity index (χ0) is 12.5. The lowest BCUT2D eigenvalue weighted by Crippen LogP contribution is -2.13. The Morgan fingerprint density at radius 1 is 1.29 bits per heavy atom. The third-order valence-electron chi connectivity index (χ3n) is 2.23. The monoisotopic (exact) mass is 237 g/mol. The summed E-state index contributed by atoms with van der Waals surface area (Å²) >= 11 is 0. The molecule has 0 saturated carbocycles. The lowest BCUT2D eigenvalue weighted by Gasteiger charge is -2.05. The van der Waals surface area contributed by atoms with Crippen molar-refractivity contribution in [3.8, 4) is 0 Å². The fourth-order valence-corrected chi connectivity index (χ4v) is 1.24. The van der Waals surface area contributed by atoms with E-state index in [0.717, 1.165) is 18.4 Å². The van der Waals surface area contributed by atoms with Gasteiger partial charge in [0.25, 0.3) is 0 Å². The second-order valence-corrected chi connectivity index (χ2v) is 3.81. The summed E-state index contributed by atoms with van der Waals surface area (Å²) in [6.45, 7) is 2.91. The molecule has 0 atom stereocenters. The molecule has 1 aromatic rings. The van der Waals surface area contributed by atoms with E-state index >= 15 is 0 Å². The van der Waals surface area contributed by atoms with Gasteiger partial charge in [0.1, 0.15) is 6.61 Å². The molecule has 0 unspecified atom stereocenters. The zero-order valence-electron chi connectivity index (χ0n) is 10.1. The van der Waals surface area contributed by atoms with Crippen LogP contribution in [0.3, 0.4) is 0 Å². The minimum absolute atomic E-state index is 0.00586. The van der Waals surface area contributed by atoms with Crippen LogP contribution in [0.15, 0.2) is 24.3 Å². The summed E-state index contributed by atoms with van der Waals surface area (Å²) < 4.78 is 10.2. The van der Waals surface area contributed by atoms with Crippen LogP contribution in [0.25, 0.3) is 0 Å². The molecule has 0 bridgehead atoms. The van der Waals surface area contributed by atoms with Crippen LogP contribution in [0.2, 0.25) is 0 Å². The molecule has 0 aliphatic carbocycles. The number of unbranched alkanes of at least 4 members (excludes halogenated alkanes) is 1. The predicted octanol–water partition coefficient (Wildman–Crippen LogP) is 2.13. The minimum Gasteiger partial charge on any atom is -0.464 e. The van der Waals surface area contributed by atoms with Gasteiger partial charge in [-0.25, -0.2) is 4.79 Å². The van der Waals surface area contributed by atoms with Crippen LogP contribution in [0.5, 0.6) is 0 Å². The molecule has 0 fully saturated rings. The smallest absolute Gasteiger partial charge is 0.332 e. The molecule has 0 aliphatic heterocycles. The lowest BCUT2D eigenvalue weighted by atomic mass is 10.2. The third kappa shape index (κ3) is 5.92. The van der Waals surface area contributed by atoms with Crippen molar-refractivity contribution in [3.05, 3.63) is 29.8 Å². The van der Waals surface area contributed by atoms with Crippen LogP contribution in [0.4, 0.5) is 5.69 Å². The van der Waals surface area contributed by atoms with Gasteiger partial charge in [-0.15, -0.1) is 0 Å². The molecule has 17 heavy (non-hydrogen) atoms. The van der Waals surface area contributed by atoms with Gasteiger partial charge in [-0.05, 0) is 24.1 Å². The Hall–Kier alpha value is -1.55. The summed E-state index contributed by atoms with van der Waals surface area (Å²) in [5, 5.41) is 0. The largest absolute Gasteiger partial charge is 0.464 e. The second-order valence-electron chi connectivity index (χ2n) is 3.81. The normalized spacial score (nSPS) is 10.2. The maximum Gasteiger partial charge on any atom is 0.332 e. The average molecular weight is 237 g/mol. The maximum atomic E-state index is 11.2. The Bertz CT molecular complexity index is 335. The molecule has 0 heterocycles. The average Bonchev–Trinajstić information content (AvgIpc) is 2.32. The van der Waals surface area contributed by atoms with Crippen molar-refractivity contribution < 1.29 is 14.3 Å². The van der Waals surface area contributed by atoms with Crippen LogP contribution >= 0.6 is 0 Å². The van der Waals surface area contributed by atoms with Crippen molar-refractivity contribution >= 4 is 11.7 Å². The van der Waals surface area contributed by atoms with E-state index in [1.54, 1.807) is 12.1 Å². The number of esters is 1. The number of anilines is 1. The van der Waals surface area contributed by atoms with Crippen LogP contribution in [-0.4, -0.2) is 19.2 Å². The van der Waals surface area contributed by atoms with Gasteiger partial charge in [0.15, 0.2) is 0 Å². The van der Waals surface area contributed by atoms with Crippen LogP contribution in [0, 0.1) is 0 Å². The summed E-state index contributed by atoms with van der Waals surface area (Å²) in [6.07, 6.45) is 1.91. The molecule has 1 rings (SSSR count). The van der Waals surface area contributed by atoms with Gasteiger partial charge in [-0.3, -0.25) is 0 Å². The van der Waals surface area contributed by atoms with E-state index in [0.29, 0.717) is 18.9 Å². The Morgan fingerprint density at radius 3 is 2.65 bits per heavy atom. The minimum atomic E-state index is -0.311. The first-order valence-electron chi connectivity index (χ1n) is 5.80. The highest BCUT2D eigenvalue weighted by Crippen LogP contribution is 2.06. The van der Waals surface area contributed by atoms with E-state index in [1.807, 2.05) is 19.1 Å². The first-order valence-corrected chi connectivity index (χ1v) is 5.80. The first-order chi connectivity index (χ1) is 8.22. The molecule has 1 aromatic carbocycles. The molecule has 4 nitrogen and oxygen atoms in total. The molecule has 94 valence electrons. The Balaban J connectivity index is 2.14. The zero-order valence-corrected chi connectivity index (χ0v) is 10.1. The van der Waals surface area contributed by atoms with Crippen molar-refractivity contribution in [3.63, 3.8) is 0 Å². The van der Waals surface area contributed by atoms with E-state index in [2.05, 4.69) is 0 Å². The fraction of sp³-hybridized carbons (Fsp3) is 0.462. The van der Waals surface area contributed by atoms with Crippen molar-refractivity contribution in [1.82, 2.24) is 0 Å². The quantitative estimate of drug-likeness (QED) is 0.448. The van der Waals surface area contributed by atoms with Crippen LogP contribution < -0.4 is 5.73 Å². The highest BCUT2D eigenvalue weighted by atomic mass is 16.6. The van der Waals surface area contributed by atoms with Crippen molar-refractivity contribution in [2.45, 2.75) is 26.4 Å². The predicted molar refractivity (Wildman–Crippen MR) is 66.4 cm³/mol. The number of nitrogens with two attached hydrogens (primary N) is 1. The topological polar surface area (TPSA) is 61.5 Å². The van der Waals surface area contributed by atoms with E-state index in [9.17, 15) is 4.79 Å². The summed E-state index contributed by atoms with van der Waals surface area (Å²) in [4.78, 5) is 11.2. The number of hydrogen-bond donors (Lipinski definition) is 1. The molecule has 0 radical (unpaired) electrons. The first kappa shape index (κ1) is 13.5. The molecule has 2 N–H and O–H groups in total. The summed E-state index contributed by atoms with van der Waals surface area (Å²) in [5.41, 5.74) is 7.26. The fourth-order valence-electron chi connectivity index (χ4n) is 1.24. The molecule has 0 aliphatic rings. The molecule has 0 spiro atoms. The SMILES string of the molecule is CCCCOC(=O)COCc1ccc(N)cc1. The van der Waals surface area contributed by atoms with Gasteiger partial charge in [0.2, 0.25) is 0 Å². The highest BCUT2D eigenvalue weighted by Gasteiger charge is 2.02. The third-order valence-corrected chi connectivity index (χ3v) is 2.23. The van der Waals surface area contributed by atoms with Gasteiger partial charge in [0.05, 0.1) is 13.2 Å². The van der Waals surface area contributed by atoms with Gasteiger partial charge >= 0.3 is 5.97 Å². The number of ether oxygens (including phenoxy) is 2. The van der Waals surface area contributed by atoms with E-state index < -0.39 is 0 Å². The number of benzene rings is 1. The van der Waals surface area contributed by atoms with Crippen molar-refractivity contribution in [1.29, 1.82) is 0 Å². The number of hydrogen-bond acceptors (Lipinski definition) is 4. The number of carbonyl (C=O) groups is 1. The van der Waals surface area contributed by atoms with E-state index in [-0.39, 0.29) is 12.6 Å². The standard InChI is InChI=1S/C13H19NO3/c1-2-3-8-17-13(15)10-16-9-11-4-6-12(14)7-5-11/h4-7H,2-3,8-10,14H2,1H3. The molecular weight excluding hydrogens is 218 g/mol. The molecular formula is C13H19NO3. The van der Waals surface area contributed by atoms with Gasteiger partial charge in [-0.1, -0.05) is 25.5 Å². The maximum absolute atomic E-state index is 11.2. The molecule has 0 amide bonds. The second kappa shape index (κ2) is 7.68. The van der Waals surface area contributed by atoms with Crippen molar-refractivity contribution in [2.24, 2.45) is 0 Å².